The molecular weight excluding hydrogens is 480 g/mol. The largest absolute Gasteiger partial charge is 0.416 e. The maximum atomic E-state index is 13.1. The minimum atomic E-state index is -4.49. The molecule has 1 amide bonds. The van der Waals surface area contributed by atoms with Crippen LogP contribution in [-0.4, -0.2) is 20.1 Å². The summed E-state index contributed by atoms with van der Waals surface area (Å²) in [7, 11) is -3.98. The molecule has 0 radical (unpaired) electrons. The molecule has 1 saturated heterocycles. The van der Waals surface area contributed by atoms with E-state index in [1.165, 1.54) is 34.9 Å². The van der Waals surface area contributed by atoms with E-state index in [1.54, 1.807) is 18.2 Å². The second-order valence-electron chi connectivity index (χ2n) is 7.16. The molecule has 1 atom stereocenters. The zero-order valence-corrected chi connectivity index (χ0v) is 18.3. The van der Waals surface area contributed by atoms with Crippen LogP contribution in [0.3, 0.4) is 0 Å². The summed E-state index contributed by atoms with van der Waals surface area (Å²) >= 11 is 1.28. The maximum absolute atomic E-state index is 13.1. The van der Waals surface area contributed by atoms with Gasteiger partial charge in [-0.3, -0.25) is 14.4 Å². The molecule has 1 aliphatic heterocycles. The van der Waals surface area contributed by atoms with Crippen molar-refractivity contribution >= 4 is 39.1 Å². The first kappa shape index (κ1) is 23.1. The molecule has 0 aromatic heterocycles. The molecule has 0 spiro atoms. The van der Waals surface area contributed by atoms with Crippen molar-refractivity contribution in [3.8, 4) is 0 Å². The molecule has 0 saturated carbocycles. The van der Waals surface area contributed by atoms with Crippen LogP contribution >= 0.6 is 11.8 Å². The van der Waals surface area contributed by atoms with E-state index in [2.05, 4.69) is 4.72 Å². The Bertz CT molecular complexity index is 1280. The average Bonchev–Trinajstić information content (AvgIpc) is 3.15. The molecule has 3 aromatic carbocycles. The number of anilines is 2. The summed E-state index contributed by atoms with van der Waals surface area (Å²) in [5.74, 6) is -0.721. The van der Waals surface area contributed by atoms with Gasteiger partial charge in [-0.25, -0.2) is 12.8 Å². The van der Waals surface area contributed by atoms with Crippen LogP contribution in [0.25, 0.3) is 0 Å². The highest BCUT2D eigenvalue weighted by Gasteiger charge is 2.35. The molecule has 1 fully saturated rings. The number of halogens is 4. The zero-order valence-electron chi connectivity index (χ0n) is 16.7. The lowest BCUT2D eigenvalue weighted by Gasteiger charge is -2.25. The number of amides is 1. The molecule has 11 heteroatoms. The molecule has 5 nitrogen and oxygen atoms in total. The molecular formula is C22H16F4N2O3S2. The minimum absolute atomic E-state index is 0.119. The molecule has 1 N–H and O–H groups in total. The smallest absolute Gasteiger partial charge is 0.295 e. The van der Waals surface area contributed by atoms with E-state index in [0.717, 1.165) is 36.4 Å². The number of alkyl halides is 3. The molecule has 4 rings (SSSR count). The number of benzene rings is 3. The highest BCUT2D eigenvalue weighted by atomic mass is 32.2. The monoisotopic (exact) mass is 496 g/mol. The van der Waals surface area contributed by atoms with Gasteiger partial charge in [-0.15, -0.1) is 11.8 Å². The van der Waals surface area contributed by atoms with Crippen molar-refractivity contribution in [2.75, 3.05) is 15.4 Å². The number of nitrogens with zero attached hydrogens (tertiary/aromatic N) is 1. The predicted octanol–water partition coefficient (Wildman–Crippen LogP) is 5.42. The van der Waals surface area contributed by atoms with Gasteiger partial charge in [-0.2, -0.15) is 13.2 Å². The molecule has 0 unspecified atom stereocenters. The molecule has 33 heavy (non-hydrogen) atoms. The van der Waals surface area contributed by atoms with Gasteiger partial charge in [-0.1, -0.05) is 12.1 Å². The van der Waals surface area contributed by atoms with Crippen molar-refractivity contribution < 1.29 is 30.8 Å². The van der Waals surface area contributed by atoms with Crippen LogP contribution in [0.15, 0.2) is 77.7 Å². The van der Waals surface area contributed by atoms with Gasteiger partial charge in [-0.05, 0) is 66.2 Å². The lowest BCUT2D eigenvalue weighted by molar-refractivity contribution is -0.137. The van der Waals surface area contributed by atoms with E-state index in [0.29, 0.717) is 11.3 Å². The quantitative estimate of drug-likeness (QED) is 0.479. The third-order valence-corrected chi connectivity index (χ3v) is 7.50. The van der Waals surface area contributed by atoms with Crippen LogP contribution in [0.4, 0.5) is 28.9 Å². The molecule has 0 aliphatic carbocycles. The summed E-state index contributed by atoms with van der Waals surface area (Å²) < 4.78 is 79.4. The Kier molecular flexibility index (Phi) is 6.10. The van der Waals surface area contributed by atoms with Gasteiger partial charge in [0.2, 0.25) is 5.91 Å². The summed E-state index contributed by atoms with van der Waals surface area (Å²) in [6.07, 6.45) is -4.49. The van der Waals surface area contributed by atoms with E-state index in [-0.39, 0.29) is 22.2 Å². The normalized spacial score (nSPS) is 16.8. The molecule has 3 aromatic rings. The van der Waals surface area contributed by atoms with Crippen molar-refractivity contribution in [2.45, 2.75) is 16.4 Å². The molecule has 172 valence electrons. The van der Waals surface area contributed by atoms with Gasteiger partial charge < -0.3 is 0 Å². The Balaban J connectivity index is 1.60. The number of hydrogen-bond donors (Lipinski definition) is 1. The van der Waals surface area contributed by atoms with Gasteiger partial charge in [0.05, 0.1) is 16.2 Å². The molecule has 1 aliphatic rings. The van der Waals surface area contributed by atoms with Crippen LogP contribution < -0.4 is 9.62 Å². The first-order chi connectivity index (χ1) is 15.5. The number of rotatable bonds is 5. The average molecular weight is 497 g/mol. The number of carbonyl (C=O) groups is 1. The molecule has 0 bridgehead atoms. The van der Waals surface area contributed by atoms with Crippen molar-refractivity contribution in [1.82, 2.24) is 0 Å². The second-order valence-corrected chi connectivity index (χ2v) is 9.91. The first-order valence-corrected chi connectivity index (χ1v) is 12.1. The number of thioether (sulfide) groups is 1. The summed E-state index contributed by atoms with van der Waals surface area (Å²) in [5, 5.41) is -0.551. The van der Waals surface area contributed by atoms with Crippen LogP contribution in [0.2, 0.25) is 0 Å². The van der Waals surface area contributed by atoms with E-state index in [1.807, 2.05) is 0 Å². The first-order valence-electron chi connectivity index (χ1n) is 9.54. The summed E-state index contributed by atoms with van der Waals surface area (Å²) in [4.78, 5) is 13.8. The van der Waals surface area contributed by atoms with Crippen molar-refractivity contribution in [2.24, 2.45) is 0 Å². The van der Waals surface area contributed by atoms with Crippen molar-refractivity contribution in [3.05, 3.63) is 89.7 Å². The van der Waals surface area contributed by atoms with Crippen LogP contribution in [0, 0.1) is 5.82 Å². The van der Waals surface area contributed by atoms with E-state index in [9.17, 15) is 30.8 Å². The Morgan fingerprint density at radius 2 is 1.64 bits per heavy atom. The van der Waals surface area contributed by atoms with Crippen LogP contribution in [0.1, 0.15) is 16.5 Å². The minimum Gasteiger partial charge on any atom is -0.295 e. The third kappa shape index (κ3) is 4.98. The van der Waals surface area contributed by atoms with Crippen LogP contribution in [-0.2, 0) is 21.0 Å². The third-order valence-electron chi connectivity index (χ3n) is 4.89. The Morgan fingerprint density at radius 1 is 0.970 bits per heavy atom. The van der Waals surface area contributed by atoms with Crippen LogP contribution in [0.5, 0.6) is 0 Å². The van der Waals surface area contributed by atoms with E-state index >= 15 is 0 Å². The summed E-state index contributed by atoms with van der Waals surface area (Å²) in [6.45, 7) is 0. The topological polar surface area (TPSA) is 66.5 Å². The fraction of sp³-hybridized carbons (Fsp3) is 0.136. The molecule has 1 heterocycles. The lowest BCUT2D eigenvalue weighted by atomic mass is 10.1. The van der Waals surface area contributed by atoms with E-state index in [4.69, 9.17) is 0 Å². The van der Waals surface area contributed by atoms with Gasteiger partial charge in [0.15, 0.2) is 0 Å². The Labute approximate surface area is 191 Å². The number of hydrogen-bond acceptors (Lipinski definition) is 4. The van der Waals surface area contributed by atoms with Crippen molar-refractivity contribution in [1.29, 1.82) is 0 Å². The SMILES string of the molecule is O=C1CS[C@H](c2cccc(NS(=O)(=O)c3ccc(F)cc3)c2)N1c1ccc(C(F)(F)F)cc1. The van der Waals surface area contributed by atoms with E-state index < -0.39 is 33.0 Å². The highest BCUT2D eigenvalue weighted by molar-refractivity contribution is 8.00. The standard InChI is InChI=1S/C22H16F4N2O3S2/c23-16-6-10-19(11-7-16)33(30,31)27-17-3-1-2-14(12-17)21-28(20(29)13-32-21)18-8-4-15(5-9-18)22(24,25)26/h1-12,21,27H,13H2/t21-/m1/s1. The Morgan fingerprint density at radius 3 is 2.27 bits per heavy atom. The highest BCUT2D eigenvalue weighted by Crippen LogP contribution is 2.43. The van der Waals surface area contributed by atoms with Gasteiger partial charge in [0, 0.05) is 11.4 Å². The maximum Gasteiger partial charge on any atom is 0.416 e. The Hall–Kier alpha value is -3.05. The predicted molar refractivity (Wildman–Crippen MR) is 118 cm³/mol. The zero-order chi connectivity index (χ0) is 23.8. The number of carbonyl (C=O) groups excluding carboxylic acids is 1. The number of sulfonamides is 1. The van der Waals surface area contributed by atoms with Gasteiger partial charge in [0.1, 0.15) is 11.2 Å². The number of nitrogens with one attached hydrogen (secondary N) is 1. The van der Waals surface area contributed by atoms with Gasteiger partial charge in [0.25, 0.3) is 10.0 Å². The fourth-order valence-electron chi connectivity index (χ4n) is 3.34. The van der Waals surface area contributed by atoms with Gasteiger partial charge >= 0.3 is 6.18 Å². The fourth-order valence-corrected chi connectivity index (χ4v) is 5.56. The van der Waals surface area contributed by atoms with Crippen molar-refractivity contribution in [3.63, 3.8) is 0 Å². The second kappa shape index (κ2) is 8.71. The summed E-state index contributed by atoms with van der Waals surface area (Å²) in [5.41, 5.74) is 0.300. The lowest BCUT2D eigenvalue weighted by Crippen LogP contribution is -2.28. The summed E-state index contributed by atoms with van der Waals surface area (Å²) in [6, 6.07) is 15.0.